The van der Waals surface area contributed by atoms with Crippen LogP contribution in [-0.4, -0.2) is 27.2 Å². The van der Waals surface area contributed by atoms with Crippen LogP contribution in [0.15, 0.2) is 6.07 Å². The Balaban J connectivity index is 2.58. The van der Waals surface area contributed by atoms with Crippen molar-refractivity contribution in [3.63, 3.8) is 0 Å². The SMILES string of the molecule is CCOC(=O)c1cc2nc(CC)c(C)c(Cl)n2n1. The van der Waals surface area contributed by atoms with Crippen LogP contribution in [0.1, 0.15) is 35.6 Å². The molecule has 2 aromatic rings. The van der Waals surface area contributed by atoms with Gasteiger partial charge < -0.3 is 4.74 Å². The molecule has 0 unspecified atom stereocenters. The number of halogens is 1. The number of aryl methyl sites for hydroxylation is 1. The Labute approximate surface area is 110 Å². The number of esters is 1. The molecule has 0 aliphatic carbocycles. The summed E-state index contributed by atoms with van der Waals surface area (Å²) in [6.45, 7) is 5.95. The van der Waals surface area contributed by atoms with Crippen molar-refractivity contribution in [3.05, 3.63) is 28.2 Å². The highest BCUT2D eigenvalue weighted by atomic mass is 35.5. The monoisotopic (exact) mass is 267 g/mol. The van der Waals surface area contributed by atoms with Crippen LogP contribution < -0.4 is 0 Å². The third-order valence-corrected chi connectivity index (χ3v) is 3.13. The van der Waals surface area contributed by atoms with Gasteiger partial charge >= 0.3 is 5.97 Å². The summed E-state index contributed by atoms with van der Waals surface area (Å²) in [5.41, 5.74) is 2.57. The second-order valence-corrected chi connectivity index (χ2v) is 4.21. The molecule has 0 bridgehead atoms. The number of hydrogen-bond donors (Lipinski definition) is 0. The zero-order valence-corrected chi connectivity index (χ0v) is 11.3. The first-order valence-corrected chi connectivity index (χ1v) is 6.18. The van der Waals surface area contributed by atoms with Crippen LogP contribution in [0, 0.1) is 6.92 Å². The maximum atomic E-state index is 11.6. The Morgan fingerprint density at radius 2 is 2.22 bits per heavy atom. The van der Waals surface area contributed by atoms with Crippen LogP contribution in [0.4, 0.5) is 0 Å². The smallest absolute Gasteiger partial charge is 0.358 e. The Morgan fingerprint density at radius 3 is 2.83 bits per heavy atom. The van der Waals surface area contributed by atoms with E-state index in [9.17, 15) is 4.79 Å². The Bertz CT molecular complexity index is 607. The lowest BCUT2D eigenvalue weighted by Gasteiger charge is -2.05. The normalized spacial score (nSPS) is 10.9. The van der Waals surface area contributed by atoms with E-state index in [1.165, 1.54) is 4.52 Å². The van der Waals surface area contributed by atoms with E-state index in [-0.39, 0.29) is 5.69 Å². The molecule has 0 amide bonds. The predicted octanol–water partition coefficient (Wildman–Crippen LogP) is 2.43. The minimum Gasteiger partial charge on any atom is -0.461 e. The molecule has 0 radical (unpaired) electrons. The van der Waals surface area contributed by atoms with Gasteiger partial charge in [0.2, 0.25) is 0 Å². The van der Waals surface area contributed by atoms with Crippen LogP contribution in [0.2, 0.25) is 5.15 Å². The molecule has 0 N–H and O–H groups in total. The van der Waals surface area contributed by atoms with Crippen molar-refractivity contribution in [3.8, 4) is 0 Å². The first kappa shape index (κ1) is 12.8. The number of fused-ring (bicyclic) bond motifs is 1. The molecule has 2 rings (SSSR count). The van der Waals surface area contributed by atoms with E-state index < -0.39 is 5.97 Å². The third-order valence-electron chi connectivity index (χ3n) is 2.69. The van der Waals surface area contributed by atoms with E-state index >= 15 is 0 Å². The summed E-state index contributed by atoms with van der Waals surface area (Å²) >= 11 is 6.21. The maximum absolute atomic E-state index is 11.6. The van der Waals surface area contributed by atoms with E-state index in [1.807, 2.05) is 13.8 Å². The van der Waals surface area contributed by atoms with Crippen molar-refractivity contribution >= 4 is 23.2 Å². The molecular weight excluding hydrogens is 254 g/mol. The molecule has 0 saturated heterocycles. The molecule has 2 heterocycles. The lowest BCUT2D eigenvalue weighted by Crippen LogP contribution is -2.06. The van der Waals surface area contributed by atoms with Crippen LogP contribution in [0.5, 0.6) is 0 Å². The van der Waals surface area contributed by atoms with Gasteiger partial charge in [-0.2, -0.15) is 5.10 Å². The van der Waals surface area contributed by atoms with E-state index in [0.717, 1.165) is 17.7 Å². The number of aromatic nitrogens is 3. The summed E-state index contributed by atoms with van der Waals surface area (Å²) in [4.78, 5) is 16.0. The topological polar surface area (TPSA) is 56.5 Å². The van der Waals surface area contributed by atoms with Crippen LogP contribution in [0.3, 0.4) is 0 Å². The predicted molar refractivity (Wildman–Crippen MR) is 68.1 cm³/mol. The van der Waals surface area contributed by atoms with Crippen molar-refractivity contribution in [1.29, 1.82) is 0 Å². The van der Waals surface area contributed by atoms with Crippen LogP contribution in [0.25, 0.3) is 5.65 Å². The van der Waals surface area contributed by atoms with Gasteiger partial charge in [-0.05, 0) is 20.3 Å². The molecule has 18 heavy (non-hydrogen) atoms. The van der Waals surface area contributed by atoms with E-state index in [4.69, 9.17) is 16.3 Å². The fourth-order valence-electron chi connectivity index (χ4n) is 1.74. The second kappa shape index (κ2) is 4.94. The molecule has 0 fully saturated rings. The van der Waals surface area contributed by atoms with Gasteiger partial charge in [0.25, 0.3) is 0 Å². The second-order valence-electron chi connectivity index (χ2n) is 3.85. The van der Waals surface area contributed by atoms with E-state index in [2.05, 4.69) is 10.1 Å². The molecule has 2 aromatic heterocycles. The highest BCUT2D eigenvalue weighted by Gasteiger charge is 2.16. The fourth-order valence-corrected chi connectivity index (χ4v) is 1.98. The highest BCUT2D eigenvalue weighted by Crippen LogP contribution is 2.20. The summed E-state index contributed by atoms with van der Waals surface area (Å²) in [7, 11) is 0. The summed E-state index contributed by atoms with van der Waals surface area (Å²) in [5, 5.41) is 4.59. The quantitative estimate of drug-likeness (QED) is 0.633. The van der Waals surface area contributed by atoms with Crippen molar-refractivity contribution in [2.45, 2.75) is 27.2 Å². The molecule has 0 aliphatic rings. The molecular formula is C12H14ClN3O2. The van der Waals surface area contributed by atoms with Gasteiger partial charge in [-0.3, -0.25) is 0 Å². The molecule has 6 heteroatoms. The van der Waals surface area contributed by atoms with Gasteiger partial charge in [-0.1, -0.05) is 18.5 Å². The molecule has 0 aliphatic heterocycles. The summed E-state index contributed by atoms with van der Waals surface area (Å²) in [6.07, 6.45) is 0.780. The van der Waals surface area contributed by atoms with Gasteiger partial charge in [0.1, 0.15) is 5.15 Å². The standard InChI is InChI=1S/C12H14ClN3O2/c1-4-8-7(3)11(13)16-10(14-8)6-9(15-16)12(17)18-5-2/h6H,4-5H2,1-3H3. The number of ether oxygens (including phenoxy) is 1. The zero-order valence-electron chi connectivity index (χ0n) is 10.5. The first-order valence-electron chi connectivity index (χ1n) is 5.80. The molecule has 0 saturated carbocycles. The van der Waals surface area contributed by atoms with E-state index in [0.29, 0.717) is 17.4 Å². The zero-order chi connectivity index (χ0) is 13.3. The minimum absolute atomic E-state index is 0.221. The van der Waals surface area contributed by atoms with Gasteiger partial charge in [0.05, 0.1) is 6.61 Å². The Hall–Kier alpha value is -1.62. The lowest BCUT2D eigenvalue weighted by molar-refractivity contribution is 0.0519. The summed E-state index contributed by atoms with van der Waals surface area (Å²) < 4.78 is 6.36. The van der Waals surface area contributed by atoms with Gasteiger partial charge in [-0.15, -0.1) is 0 Å². The van der Waals surface area contributed by atoms with Crippen LogP contribution >= 0.6 is 11.6 Å². The lowest BCUT2D eigenvalue weighted by atomic mass is 10.2. The van der Waals surface area contributed by atoms with Gasteiger partial charge in [-0.25, -0.2) is 14.3 Å². The van der Waals surface area contributed by atoms with Crippen molar-refractivity contribution in [2.24, 2.45) is 0 Å². The largest absolute Gasteiger partial charge is 0.461 e. The summed E-state index contributed by atoms with van der Waals surface area (Å²) in [5.74, 6) is -0.463. The van der Waals surface area contributed by atoms with Gasteiger partial charge in [0, 0.05) is 17.3 Å². The number of nitrogens with zero attached hydrogens (tertiary/aromatic N) is 3. The number of carbonyl (C=O) groups excluding carboxylic acids is 1. The molecule has 5 nitrogen and oxygen atoms in total. The number of rotatable bonds is 3. The molecule has 96 valence electrons. The summed E-state index contributed by atoms with van der Waals surface area (Å²) in [6, 6.07) is 1.59. The van der Waals surface area contributed by atoms with Crippen molar-refractivity contribution in [1.82, 2.24) is 14.6 Å². The third kappa shape index (κ3) is 2.06. The van der Waals surface area contributed by atoms with Crippen molar-refractivity contribution < 1.29 is 9.53 Å². The first-order chi connectivity index (χ1) is 8.58. The van der Waals surface area contributed by atoms with Crippen molar-refractivity contribution in [2.75, 3.05) is 6.61 Å². The maximum Gasteiger partial charge on any atom is 0.358 e. The number of carbonyl (C=O) groups is 1. The average molecular weight is 268 g/mol. The molecule has 0 atom stereocenters. The average Bonchev–Trinajstić information content (AvgIpc) is 2.78. The number of hydrogen-bond acceptors (Lipinski definition) is 4. The Kier molecular flexibility index (Phi) is 3.52. The molecule has 0 aromatic carbocycles. The van der Waals surface area contributed by atoms with Gasteiger partial charge in [0.15, 0.2) is 11.3 Å². The van der Waals surface area contributed by atoms with E-state index in [1.54, 1.807) is 13.0 Å². The Morgan fingerprint density at radius 1 is 1.50 bits per heavy atom. The molecule has 0 spiro atoms. The van der Waals surface area contributed by atoms with Crippen LogP contribution in [-0.2, 0) is 11.2 Å². The highest BCUT2D eigenvalue weighted by molar-refractivity contribution is 6.30. The minimum atomic E-state index is -0.463. The fraction of sp³-hybridized carbons (Fsp3) is 0.417.